The second-order valence-corrected chi connectivity index (χ2v) is 6.46. The molecule has 5 nitrogen and oxygen atoms in total. The lowest BCUT2D eigenvalue weighted by atomic mass is 10.2. The fraction of sp³-hybridized carbons (Fsp3) is 0.625. The summed E-state index contributed by atoms with van der Waals surface area (Å²) >= 11 is 0. The second kappa shape index (κ2) is 6.33. The smallest absolute Gasteiger partial charge is 0.407 e. The zero-order chi connectivity index (χ0) is 15.5. The van der Waals surface area contributed by atoms with Crippen LogP contribution in [0.4, 0.5) is 10.6 Å². The number of amides is 1. The van der Waals surface area contributed by atoms with Crippen molar-refractivity contribution in [2.24, 2.45) is 0 Å². The highest BCUT2D eigenvalue weighted by Gasteiger charge is 2.17. The summed E-state index contributed by atoms with van der Waals surface area (Å²) in [6, 6.07) is 4.07. The van der Waals surface area contributed by atoms with E-state index in [0.717, 1.165) is 30.2 Å². The van der Waals surface area contributed by atoms with Crippen molar-refractivity contribution >= 4 is 11.9 Å². The Morgan fingerprint density at radius 2 is 2.00 bits per heavy atom. The molecule has 5 heteroatoms. The van der Waals surface area contributed by atoms with Gasteiger partial charge in [0, 0.05) is 25.3 Å². The molecule has 116 valence electrons. The number of rotatable bonds is 3. The number of aryl methyl sites for hydroxylation is 1. The van der Waals surface area contributed by atoms with E-state index >= 15 is 0 Å². The van der Waals surface area contributed by atoms with Crippen molar-refractivity contribution in [1.29, 1.82) is 0 Å². The molecular weight excluding hydrogens is 266 g/mol. The van der Waals surface area contributed by atoms with Crippen LogP contribution in [0.15, 0.2) is 12.1 Å². The average Bonchev–Trinajstić information content (AvgIpc) is 2.89. The highest BCUT2D eigenvalue weighted by atomic mass is 16.6. The van der Waals surface area contributed by atoms with E-state index in [1.54, 1.807) is 0 Å². The number of carbonyl (C=O) groups is 1. The predicted octanol–water partition coefficient (Wildman–Crippen LogP) is 3.01. The van der Waals surface area contributed by atoms with Gasteiger partial charge in [-0.25, -0.2) is 9.78 Å². The molecule has 2 rings (SSSR count). The van der Waals surface area contributed by atoms with Crippen molar-refractivity contribution in [2.45, 2.75) is 52.7 Å². The van der Waals surface area contributed by atoms with Gasteiger partial charge in [0.1, 0.15) is 11.4 Å². The van der Waals surface area contributed by atoms with Crippen molar-refractivity contribution in [3.8, 4) is 0 Å². The van der Waals surface area contributed by atoms with E-state index in [1.165, 1.54) is 12.8 Å². The van der Waals surface area contributed by atoms with Gasteiger partial charge in [-0.05, 0) is 52.2 Å². The van der Waals surface area contributed by atoms with Gasteiger partial charge in [0.2, 0.25) is 0 Å². The van der Waals surface area contributed by atoms with Crippen molar-refractivity contribution in [1.82, 2.24) is 10.3 Å². The third-order valence-electron chi connectivity index (χ3n) is 3.43. The number of carbonyl (C=O) groups excluding carboxylic acids is 1. The first-order valence-electron chi connectivity index (χ1n) is 7.53. The lowest BCUT2D eigenvalue weighted by molar-refractivity contribution is 0.0523. The standard InChI is InChI=1S/C16H25N3O2/c1-12-13(11-17-15(20)21-16(2,3)4)7-8-14(18-12)19-9-5-6-10-19/h7-8H,5-6,9-11H2,1-4H3,(H,17,20). The van der Waals surface area contributed by atoms with Crippen LogP contribution in [0.2, 0.25) is 0 Å². The van der Waals surface area contributed by atoms with Gasteiger partial charge in [-0.3, -0.25) is 0 Å². The Morgan fingerprint density at radius 3 is 2.57 bits per heavy atom. The molecule has 2 heterocycles. The minimum absolute atomic E-state index is 0.398. The summed E-state index contributed by atoms with van der Waals surface area (Å²) in [4.78, 5) is 18.6. The third kappa shape index (κ3) is 4.62. The number of hydrogen-bond donors (Lipinski definition) is 1. The van der Waals surface area contributed by atoms with E-state index < -0.39 is 11.7 Å². The number of aromatic nitrogens is 1. The number of alkyl carbamates (subject to hydrolysis) is 1. The molecule has 1 aliphatic heterocycles. The largest absolute Gasteiger partial charge is 0.444 e. The Balaban J connectivity index is 1.93. The number of hydrogen-bond acceptors (Lipinski definition) is 4. The minimum atomic E-state index is -0.475. The molecule has 0 unspecified atom stereocenters. The molecule has 1 aliphatic rings. The first-order valence-corrected chi connectivity index (χ1v) is 7.53. The quantitative estimate of drug-likeness (QED) is 0.930. The molecule has 21 heavy (non-hydrogen) atoms. The third-order valence-corrected chi connectivity index (χ3v) is 3.43. The second-order valence-electron chi connectivity index (χ2n) is 6.46. The topological polar surface area (TPSA) is 54.5 Å². The molecule has 1 amide bonds. The SMILES string of the molecule is Cc1nc(N2CCCC2)ccc1CNC(=O)OC(C)(C)C. The number of nitrogens with zero attached hydrogens (tertiary/aromatic N) is 2. The molecule has 0 aromatic carbocycles. The molecule has 0 saturated carbocycles. The summed E-state index contributed by atoms with van der Waals surface area (Å²) in [6.07, 6.45) is 2.08. The van der Waals surface area contributed by atoms with Crippen LogP contribution in [0.5, 0.6) is 0 Å². The first kappa shape index (κ1) is 15.6. The van der Waals surface area contributed by atoms with Gasteiger partial charge in [-0.1, -0.05) is 6.07 Å². The lowest BCUT2D eigenvalue weighted by Crippen LogP contribution is -2.32. The van der Waals surface area contributed by atoms with Crippen molar-refractivity contribution in [2.75, 3.05) is 18.0 Å². The van der Waals surface area contributed by atoms with Crippen molar-refractivity contribution < 1.29 is 9.53 Å². The minimum Gasteiger partial charge on any atom is -0.444 e. The van der Waals surface area contributed by atoms with Crippen molar-refractivity contribution in [3.05, 3.63) is 23.4 Å². The van der Waals surface area contributed by atoms with Crippen LogP contribution in [0.25, 0.3) is 0 Å². The Labute approximate surface area is 126 Å². The molecule has 1 N–H and O–H groups in total. The van der Waals surface area contributed by atoms with Crippen LogP contribution < -0.4 is 10.2 Å². The highest BCUT2D eigenvalue weighted by molar-refractivity contribution is 5.67. The number of nitrogens with one attached hydrogen (secondary N) is 1. The maximum absolute atomic E-state index is 11.7. The summed E-state index contributed by atoms with van der Waals surface area (Å²) in [6.45, 7) is 10.1. The van der Waals surface area contributed by atoms with Crippen LogP contribution in [0.1, 0.15) is 44.9 Å². The maximum Gasteiger partial charge on any atom is 0.407 e. The van der Waals surface area contributed by atoms with Crippen LogP contribution in [-0.4, -0.2) is 29.8 Å². The molecule has 1 fully saturated rings. The Kier molecular flexibility index (Phi) is 4.70. The van der Waals surface area contributed by atoms with E-state index in [4.69, 9.17) is 4.74 Å². The molecule has 1 saturated heterocycles. The van der Waals surface area contributed by atoms with E-state index in [9.17, 15) is 4.79 Å². The molecule has 0 aliphatic carbocycles. The molecule has 1 aromatic rings. The van der Waals surface area contributed by atoms with Crippen LogP contribution in [-0.2, 0) is 11.3 Å². The molecule has 0 bridgehead atoms. The van der Waals surface area contributed by atoms with Gasteiger partial charge in [0.05, 0.1) is 0 Å². The summed E-state index contributed by atoms with van der Waals surface area (Å²) in [5.41, 5.74) is 1.50. The Bertz CT molecular complexity index is 503. The van der Waals surface area contributed by atoms with Gasteiger partial charge in [0.15, 0.2) is 0 Å². The summed E-state index contributed by atoms with van der Waals surface area (Å²) in [5.74, 6) is 1.03. The molecule has 1 aromatic heterocycles. The molecular formula is C16H25N3O2. The average molecular weight is 291 g/mol. The van der Waals surface area contributed by atoms with Crippen LogP contribution >= 0.6 is 0 Å². The van der Waals surface area contributed by atoms with Crippen molar-refractivity contribution in [3.63, 3.8) is 0 Å². The molecule has 0 radical (unpaired) electrons. The fourth-order valence-electron chi connectivity index (χ4n) is 2.37. The van der Waals surface area contributed by atoms with Gasteiger partial charge in [0.25, 0.3) is 0 Å². The first-order chi connectivity index (χ1) is 9.85. The Hall–Kier alpha value is -1.78. The zero-order valence-corrected chi connectivity index (χ0v) is 13.4. The number of pyridine rings is 1. The summed E-state index contributed by atoms with van der Waals surface area (Å²) < 4.78 is 5.23. The summed E-state index contributed by atoms with van der Waals surface area (Å²) in [7, 11) is 0. The van der Waals surface area contributed by atoms with Gasteiger partial charge >= 0.3 is 6.09 Å². The monoisotopic (exact) mass is 291 g/mol. The maximum atomic E-state index is 11.7. The predicted molar refractivity (Wildman–Crippen MR) is 83.5 cm³/mol. The van der Waals surface area contributed by atoms with Gasteiger partial charge in [-0.2, -0.15) is 0 Å². The van der Waals surface area contributed by atoms with Gasteiger partial charge < -0.3 is 15.0 Å². The normalized spacial score (nSPS) is 15.1. The van der Waals surface area contributed by atoms with Gasteiger partial charge in [-0.15, -0.1) is 0 Å². The van der Waals surface area contributed by atoms with E-state index in [-0.39, 0.29) is 0 Å². The number of ether oxygens (including phenoxy) is 1. The number of anilines is 1. The van der Waals surface area contributed by atoms with Crippen LogP contribution in [0.3, 0.4) is 0 Å². The molecule has 0 atom stereocenters. The van der Waals surface area contributed by atoms with E-state index in [2.05, 4.69) is 15.2 Å². The summed E-state index contributed by atoms with van der Waals surface area (Å²) in [5, 5.41) is 2.77. The van der Waals surface area contributed by atoms with E-state index in [1.807, 2.05) is 39.8 Å². The zero-order valence-electron chi connectivity index (χ0n) is 13.4. The van der Waals surface area contributed by atoms with Crippen LogP contribution in [0, 0.1) is 6.92 Å². The highest BCUT2D eigenvalue weighted by Crippen LogP contribution is 2.19. The molecule has 0 spiro atoms. The Morgan fingerprint density at radius 1 is 1.33 bits per heavy atom. The van der Waals surface area contributed by atoms with E-state index in [0.29, 0.717) is 6.54 Å². The fourth-order valence-corrected chi connectivity index (χ4v) is 2.37. The lowest BCUT2D eigenvalue weighted by Gasteiger charge is -2.20.